The van der Waals surface area contributed by atoms with Gasteiger partial charge in [0.05, 0.1) is 35.3 Å². The Labute approximate surface area is 273 Å². The van der Waals surface area contributed by atoms with Crippen molar-refractivity contribution in [3.8, 4) is 0 Å². The first-order valence-electron chi connectivity index (χ1n) is 15.2. The summed E-state index contributed by atoms with van der Waals surface area (Å²) in [6.07, 6.45) is 1.52. The molecule has 0 aromatic heterocycles. The molecule has 5 rings (SSSR count). The summed E-state index contributed by atoms with van der Waals surface area (Å²) in [5, 5.41) is 12.9. The lowest BCUT2D eigenvalue weighted by atomic mass is 9.74. The topological polar surface area (TPSA) is 85.3 Å². The minimum atomic E-state index is -1.81. The second kappa shape index (κ2) is 13.4. The smallest absolute Gasteiger partial charge is 0.311 e. The Balaban J connectivity index is 1.79. The van der Waals surface area contributed by atoms with E-state index in [1.807, 2.05) is 6.92 Å². The maximum Gasteiger partial charge on any atom is 0.311 e. The molecule has 4 atom stereocenters. The number of rotatable bonds is 10. The maximum atomic E-state index is 16.8. The molecule has 45 heavy (non-hydrogen) atoms. The number of fused-ring (bicyclic) bond motifs is 1. The Bertz CT molecular complexity index is 1540. The van der Waals surface area contributed by atoms with Gasteiger partial charge in [0.1, 0.15) is 5.82 Å². The molecule has 0 radical (unpaired) electrons. The summed E-state index contributed by atoms with van der Waals surface area (Å²) in [4.78, 5) is 29.6. The zero-order valence-corrected chi connectivity index (χ0v) is 27.3. The van der Waals surface area contributed by atoms with Gasteiger partial charge in [-0.3, -0.25) is 14.5 Å². The van der Waals surface area contributed by atoms with Crippen LogP contribution in [0.3, 0.4) is 0 Å². The normalized spacial score (nSPS) is 21.2. The molecule has 2 aliphatic rings. The third-order valence-corrected chi connectivity index (χ3v) is 9.81. The van der Waals surface area contributed by atoms with E-state index in [2.05, 4.69) is 0 Å². The Hall–Kier alpha value is -3.01. The molecular weight excluding hydrogens is 620 g/mol. The average Bonchev–Trinajstić information content (AvgIpc) is 3.31. The molecule has 0 spiro atoms. The Morgan fingerprint density at radius 1 is 1.09 bits per heavy atom. The molecule has 0 unspecified atom stereocenters. The molecule has 3 aromatic rings. The van der Waals surface area contributed by atoms with E-state index in [-0.39, 0.29) is 23.7 Å². The van der Waals surface area contributed by atoms with Gasteiger partial charge in [0, 0.05) is 35.9 Å². The van der Waals surface area contributed by atoms with Crippen LogP contribution in [0.2, 0.25) is 10.0 Å². The van der Waals surface area contributed by atoms with E-state index < -0.39 is 41.0 Å². The Morgan fingerprint density at radius 3 is 2.24 bits per heavy atom. The van der Waals surface area contributed by atoms with E-state index >= 15 is 4.39 Å². The van der Waals surface area contributed by atoms with E-state index in [4.69, 9.17) is 37.4 Å². The number of methoxy groups -OCH3 is 1. The van der Waals surface area contributed by atoms with Crippen molar-refractivity contribution in [3.05, 3.63) is 104 Å². The van der Waals surface area contributed by atoms with E-state index in [9.17, 15) is 14.7 Å². The molecule has 7 nitrogen and oxygen atoms in total. The van der Waals surface area contributed by atoms with Crippen molar-refractivity contribution in [1.29, 1.82) is 0 Å². The van der Waals surface area contributed by atoms with Crippen molar-refractivity contribution in [2.24, 2.45) is 11.8 Å². The van der Waals surface area contributed by atoms with Crippen LogP contribution in [0.5, 0.6) is 0 Å². The number of hydrogen-bond acceptors (Lipinski definition) is 6. The summed E-state index contributed by atoms with van der Waals surface area (Å²) >= 11 is 12.5. The summed E-state index contributed by atoms with van der Waals surface area (Å²) in [7, 11) is 1.40. The van der Waals surface area contributed by atoms with Gasteiger partial charge in [0.25, 0.3) is 5.91 Å². The average molecular weight is 659 g/mol. The molecule has 1 saturated heterocycles. The predicted molar refractivity (Wildman–Crippen MR) is 170 cm³/mol. The lowest BCUT2D eigenvalue weighted by Crippen LogP contribution is -2.51. The zero-order valence-electron chi connectivity index (χ0n) is 25.8. The van der Waals surface area contributed by atoms with Crippen LogP contribution in [0, 0.1) is 17.7 Å². The highest BCUT2D eigenvalue weighted by atomic mass is 35.5. The number of amides is 1. The zero-order chi connectivity index (χ0) is 32.5. The van der Waals surface area contributed by atoms with Crippen molar-refractivity contribution in [2.75, 3.05) is 26.9 Å². The SMILES string of the molecule is CCOC(=O)[C@@H](C)[C@@H](c1ccc(Cl)cc1)N1C(=O)c2cc([C@](O)(CC)C3CCOCC3)cc(F)c2[C@]1(OC)c1ccc(Cl)cc1. The van der Waals surface area contributed by atoms with Gasteiger partial charge in [-0.05, 0) is 86.6 Å². The fourth-order valence-corrected chi connectivity index (χ4v) is 7.24. The van der Waals surface area contributed by atoms with Crippen molar-refractivity contribution in [1.82, 2.24) is 4.90 Å². The number of hydrogen-bond donors (Lipinski definition) is 1. The van der Waals surface area contributed by atoms with E-state index in [1.165, 1.54) is 18.1 Å². The van der Waals surface area contributed by atoms with Gasteiger partial charge in [-0.15, -0.1) is 0 Å². The number of aliphatic hydroxyl groups is 1. The number of esters is 1. The number of carbonyl (C=O) groups excluding carboxylic acids is 2. The number of ether oxygens (including phenoxy) is 3. The molecule has 0 saturated carbocycles. The monoisotopic (exact) mass is 657 g/mol. The first kappa shape index (κ1) is 33.4. The van der Waals surface area contributed by atoms with Crippen molar-refractivity contribution < 1.29 is 33.3 Å². The van der Waals surface area contributed by atoms with Crippen LogP contribution in [-0.2, 0) is 30.3 Å². The van der Waals surface area contributed by atoms with Crippen LogP contribution in [0.4, 0.5) is 4.39 Å². The van der Waals surface area contributed by atoms with Crippen LogP contribution in [0.25, 0.3) is 0 Å². The van der Waals surface area contributed by atoms with E-state index in [0.29, 0.717) is 59.2 Å². The molecule has 2 heterocycles. The largest absolute Gasteiger partial charge is 0.466 e. The molecule has 0 aliphatic carbocycles. The lowest BCUT2D eigenvalue weighted by Gasteiger charge is -2.44. The molecule has 10 heteroatoms. The summed E-state index contributed by atoms with van der Waals surface area (Å²) < 4.78 is 34.0. The third-order valence-electron chi connectivity index (χ3n) is 9.31. The highest BCUT2D eigenvalue weighted by Crippen LogP contribution is 2.53. The second-order valence-corrected chi connectivity index (χ2v) is 12.5. The third kappa shape index (κ3) is 5.76. The number of nitrogens with zero attached hydrogens (tertiary/aromatic N) is 1. The minimum absolute atomic E-state index is 0.0125. The first-order chi connectivity index (χ1) is 21.5. The summed E-state index contributed by atoms with van der Waals surface area (Å²) in [5.74, 6) is -2.90. The number of halogens is 3. The Kier molecular flexibility index (Phi) is 9.92. The molecule has 1 amide bonds. The quantitative estimate of drug-likeness (QED) is 0.229. The molecular formula is C35H38Cl2FNO6. The van der Waals surface area contributed by atoms with Gasteiger partial charge < -0.3 is 19.3 Å². The standard InChI is InChI=1S/C35H38Cl2FNO6/c1-5-34(42,23-15-17-44-18-16-23)25-19-28-30(29(38)20-25)35(43-4,24-9-13-27(37)14-10-24)39(32(28)40)31(21(3)33(41)45-6-2)22-7-11-26(36)12-8-22/h7-14,19-21,23,31,42H,5-6,15-18H2,1-4H3/t21-,31-,34-,35+/m0/s1. The van der Waals surface area contributed by atoms with Crippen LogP contribution in [0.15, 0.2) is 60.7 Å². The van der Waals surface area contributed by atoms with Crippen LogP contribution in [-0.4, -0.2) is 48.8 Å². The van der Waals surface area contributed by atoms with Gasteiger partial charge in [-0.2, -0.15) is 0 Å². The maximum absolute atomic E-state index is 16.8. The fraction of sp³-hybridized carbons (Fsp3) is 0.429. The Morgan fingerprint density at radius 2 is 1.69 bits per heavy atom. The molecule has 1 fully saturated rings. The van der Waals surface area contributed by atoms with Crippen molar-refractivity contribution in [2.45, 2.75) is 57.4 Å². The fourth-order valence-electron chi connectivity index (χ4n) is 6.99. The lowest BCUT2D eigenvalue weighted by molar-refractivity contribution is -0.155. The minimum Gasteiger partial charge on any atom is -0.466 e. The van der Waals surface area contributed by atoms with E-state index in [0.717, 1.165) is 0 Å². The van der Waals surface area contributed by atoms with Crippen LogP contribution in [0.1, 0.15) is 78.7 Å². The highest BCUT2D eigenvalue weighted by molar-refractivity contribution is 6.30. The molecule has 3 aromatic carbocycles. The van der Waals surface area contributed by atoms with Crippen molar-refractivity contribution in [3.63, 3.8) is 0 Å². The van der Waals surface area contributed by atoms with Crippen LogP contribution < -0.4 is 0 Å². The first-order valence-corrected chi connectivity index (χ1v) is 16.0. The van der Waals surface area contributed by atoms with Gasteiger partial charge in [0.2, 0.25) is 0 Å². The highest BCUT2D eigenvalue weighted by Gasteiger charge is 2.58. The van der Waals surface area contributed by atoms with E-state index in [1.54, 1.807) is 68.4 Å². The van der Waals surface area contributed by atoms with Gasteiger partial charge in [-0.25, -0.2) is 4.39 Å². The van der Waals surface area contributed by atoms with Crippen LogP contribution >= 0.6 is 23.2 Å². The predicted octanol–water partition coefficient (Wildman–Crippen LogP) is 7.40. The molecule has 240 valence electrons. The second-order valence-electron chi connectivity index (χ2n) is 11.6. The number of carbonyl (C=O) groups is 2. The number of benzene rings is 3. The molecule has 1 N–H and O–H groups in total. The van der Waals surface area contributed by atoms with Gasteiger partial charge in [-0.1, -0.05) is 54.4 Å². The van der Waals surface area contributed by atoms with Gasteiger partial charge >= 0.3 is 5.97 Å². The molecule has 2 aliphatic heterocycles. The summed E-state index contributed by atoms with van der Waals surface area (Å²) in [6, 6.07) is 15.3. The van der Waals surface area contributed by atoms with Gasteiger partial charge in [0.15, 0.2) is 5.72 Å². The summed E-state index contributed by atoms with van der Waals surface area (Å²) in [5.41, 5.74) is -1.86. The molecule has 0 bridgehead atoms. The summed E-state index contributed by atoms with van der Waals surface area (Å²) in [6.45, 7) is 6.33. The van der Waals surface area contributed by atoms with Crippen molar-refractivity contribution >= 4 is 35.1 Å².